The maximum absolute atomic E-state index is 11.7. The molecule has 0 aromatic heterocycles. The van der Waals surface area contributed by atoms with Crippen LogP contribution in [0.15, 0.2) is 0 Å². The lowest BCUT2D eigenvalue weighted by Gasteiger charge is -2.23. The van der Waals surface area contributed by atoms with Crippen LogP contribution in [-0.4, -0.2) is 288 Å². The van der Waals surface area contributed by atoms with Crippen LogP contribution in [0.25, 0.3) is 0 Å². The van der Waals surface area contributed by atoms with Gasteiger partial charge in [0.25, 0.3) is 0 Å². The zero-order valence-corrected chi connectivity index (χ0v) is 49.4. The van der Waals surface area contributed by atoms with E-state index in [9.17, 15) is 67.1 Å². The highest BCUT2D eigenvalue weighted by atomic mass is 16.5. The molecule has 9 amide bonds. The Morgan fingerprint density at radius 3 is 1.06 bits per heavy atom. The fourth-order valence-corrected chi connectivity index (χ4v) is 10.2. The summed E-state index contributed by atoms with van der Waals surface area (Å²) in [6.07, 6.45) is 2.22. The zero-order valence-electron chi connectivity index (χ0n) is 49.4. The Morgan fingerprint density at radius 1 is 0.465 bits per heavy atom. The van der Waals surface area contributed by atoms with Crippen LogP contribution < -0.4 is 16.8 Å². The van der Waals surface area contributed by atoms with Crippen LogP contribution in [0.1, 0.15) is 71.6 Å². The van der Waals surface area contributed by atoms with Crippen molar-refractivity contribution in [3.8, 4) is 0 Å². The number of methoxy groups -OCH3 is 1. The van der Waals surface area contributed by atoms with Crippen molar-refractivity contribution in [1.82, 2.24) is 39.6 Å². The van der Waals surface area contributed by atoms with E-state index in [4.69, 9.17) is 51.2 Å². The summed E-state index contributed by atoms with van der Waals surface area (Å²) in [5, 5.41) is 47.5. The number of carboxylic acids is 5. The van der Waals surface area contributed by atoms with Gasteiger partial charge in [-0.1, -0.05) is 0 Å². The normalized spacial score (nSPS) is 23.8. The summed E-state index contributed by atoms with van der Waals surface area (Å²) < 4.78 is 15.8. The number of hydrogen-bond acceptors (Lipinski definition) is 18. The highest BCUT2D eigenvalue weighted by Gasteiger charge is 2.39. The number of hydrogen-bond donors (Lipinski definition) is 8. The highest BCUT2D eigenvalue weighted by molar-refractivity contribution is 5.90. The van der Waals surface area contributed by atoms with Crippen LogP contribution in [-0.2, 0) is 81.3 Å². The molecule has 86 heavy (non-hydrogen) atoms. The molecule has 32 nitrogen and oxygen atoms in total. The van der Waals surface area contributed by atoms with Gasteiger partial charge in [-0.05, 0) is 26.7 Å². The molecule has 7 saturated heterocycles. The number of rotatable bonds is 28. The number of aliphatic carboxylic acids is 5. The molecule has 7 fully saturated rings. The molecule has 0 radical (unpaired) electrons. The average molecular weight is 1230 g/mol. The monoisotopic (exact) mass is 1230 g/mol. The van der Waals surface area contributed by atoms with Gasteiger partial charge in [-0.15, -0.1) is 0 Å². The Morgan fingerprint density at radius 2 is 0.779 bits per heavy atom. The van der Waals surface area contributed by atoms with Crippen molar-refractivity contribution in [3.63, 3.8) is 0 Å². The second-order valence-corrected chi connectivity index (χ2v) is 21.9. The number of carbonyl (C=O) groups is 14. The van der Waals surface area contributed by atoms with Gasteiger partial charge >= 0.3 is 29.8 Å². The molecule has 484 valence electrons. The molecule has 7 heterocycles. The van der Waals surface area contributed by atoms with E-state index in [1.54, 1.807) is 33.8 Å². The molecular formula is C54H86N10O22. The average Bonchev–Trinajstić information content (AvgIpc) is 4.55. The molecule has 0 spiro atoms. The SMILES string of the molecule is CCN1CC(C(N)=O)CC1=O.CN1CC(C(N)=O)CC1=O.COCC(C)N1CC(C(=O)O)CC1=O.O=C(O)C1CC(=O)N(CCCOCCOCCCN2CC(C(=O)O)CC2=O)C1.O=C(O)C1CC(=O)N(CCNCCN2CC(C(=O)O)CC2=O)C1. The molecule has 32 heteroatoms. The third-order valence-corrected chi connectivity index (χ3v) is 15.4. The smallest absolute Gasteiger partial charge is 0.308 e. The first-order valence-electron chi connectivity index (χ1n) is 28.6. The summed E-state index contributed by atoms with van der Waals surface area (Å²) >= 11 is 0. The number of primary amides is 2. The van der Waals surface area contributed by atoms with Crippen molar-refractivity contribution < 1.29 is 107 Å². The first-order valence-corrected chi connectivity index (χ1v) is 28.6. The van der Waals surface area contributed by atoms with Crippen LogP contribution in [0.2, 0.25) is 0 Å². The molecule has 7 aliphatic heterocycles. The summed E-state index contributed by atoms with van der Waals surface area (Å²) in [4.78, 5) is 166. The molecule has 8 unspecified atom stereocenters. The fraction of sp³-hybridized carbons (Fsp3) is 0.741. The van der Waals surface area contributed by atoms with Crippen LogP contribution >= 0.6 is 0 Å². The van der Waals surface area contributed by atoms with Gasteiger partial charge in [0.15, 0.2) is 0 Å². The molecule has 7 aliphatic rings. The topological polar surface area (TPSA) is 455 Å². The van der Waals surface area contributed by atoms with Crippen molar-refractivity contribution >= 4 is 83.0 Å². The number of nitrogens with two attached hydrogens (primary N) is 2. The van der Waals surface area contributed by atoms with Gasteiger partial charge in [0.2, 0.25) is 53.2 Å². The summed E-state index contributed by atoms with van der Waals surface area (Å²) in [5.41, 5.74) is 10.1. The van der Waals surface area contributed by atoms with Crippen LogP contribution in [0.3, 0.4) is 0 Å². The van der Waals surface area contributed by atoms with E-state index in [0.29, 0.717) is 118 Å². The molecule has 8 atom stereocenters. The van der Waals surface area contributed by atoms with E-state index >= 15 is 0 Å². The molecule has 10 N–H and O–H groups in total. The largest absolute Gasteiger partial charge is 0.481 e. The standard InChI is InChI=1S/C18H28N2O8.C14H21N3O6.C9H15NO4.C7H12N2O2.C6H10N2O2/c21-15-9-13(17(23)24)11-19(15)3-1-5-27-7-8-28-6-2-4-20-12-14(18(25)26)10-16(20)22;18-11-5-9(13(20)21)7-16(11)3-1-15-2-4-17-8-10(14(22)23)6-12(17)19;1-6(5-14-2)10-4-7(9(12)13)3-8(10)11;1-2-9-4-5(7(8)11)3-6(9)10;1-8-3-4(6(7)10)2-5(8)9/h13-14H,1-12H2,(H,23,24)(H,25,26);9-10,15H,1-8H2,(H,20,21)(H,22,23);6-7H,3-5H2,1-2H3,(H,12,13);5H,2-4H2,1H3,(H2,8,11);4H,2-3H2,1H3,(H2,7,10). The first-order chi connectivity index (χ1) is 40.6. The van der Waals surface area contributed by atoms with Gasteiger partial charge < -0.3 is 90.8 Å². The lowest BCUT2D eigenvalue weighted by molar-refractivity contribution is -0.142. The number of nitrogens with one attached hydrogen (secondary N) is 1. The van der Waals surface area contributed by atoms with Gasteiger partial charge in [0.05, 0.1) is 67.3 Å². The van der Waals surface area contributed by atoms with Crippen LogP contribution in [0, 0.1) is 41.4 Å². The van der Waals surface area contributed by atoms with E-state index in [2.05, 4.69) is 5.32 Å². The van der Waals surface area contributed by atoms with E-state index in [0.717, 1.165) is 0 Å². The number of amides is 9. The third-order valence-electron chi connectivity index (χ3n) is 15.4. The Labute approximate surface area is 497 Å². The minimum absolute atomic E-state index is 0.00352. The molecule has 0 bridgehead atoms. The molecule has 0 aliphatic carbocycles. The second-order valence-electron chi connectivity index (χ2n) is 21.9. The number of ether oxygens (including phenoxy) is 3. The number of likely N-dealkylation sites (tertiary alicyclic amines) is 7. The number of carbonyl (C=O) groups excluding carboxylic acids is 9. The van der Waals surface area contributed by atoms with Crippen molar-refractivity contribution in [2.45, 2.75) is 77.7 Å². The third kappa shape index (κ3) is 24.1. The van der Waals surface area contributed by atoms with E-state index in [1.807, 2.05) is 13.8 Å². The van der Waals surface area contributed by atoms with E-state index in [1.165, 1.54) is 14.7 Å². The van der Waals surface area contributed by atoms with Gasteiger partial charge in [-0.2, -0.15) is 0 Å². The Balaban J connectivity index is 0.000000298. The first kappa shape index (κ1) is 72.7. The predicted octanol–water partition coefficient (Wildman–Crippen LogP) is -3.65. The predicted molar refractivity (Wildman–Crippen MR) is 296 cm³/mol. The summed E-state index contributed by atoms with van der Waals surface area (Å²) in [5.74, 6) is -9.55. The molecule has 0 saturated carbocycles. The highest BCUT2D eigenvalue weighted by Crippen LogP contribution is 2.23. The van der Waals surface area contributed by atoms with Gasteiger partial charge in [0.1, 0.15) is 0 Å². The second kappa shape index (κ2) is 36.4. The maximum atomic E-state index is 11.7. The van der Waals surface area contributed by atoms with Gasteiger partial charge in [0, 0.05) is 164 Å². The summed E-state index contributed by atoms with van der Waals surface area (Å²) in [7, 11) is 3.23. The minimum atomic E-state index is -0.950. The van der Waals surface area contributed by atoms with Crippen LogP contribution in [0.5, 0.6) is 0 Å². The summed E-state index contributed by atoms with van der Waals surface area (Å²) in [6.45, 7) is 11.7. The van der Waals surface area contributed by atoms with Gasteiger partial charge in [-0.3, -0.25) is 67.1 Å². The number of carboxylic acid groups (broad SMARTS) is 5. The number of nitrogens with zero attached hydrogens (tertiary/aromatic N) is 7. The van der Waals surface area contributed by atoms with Gasteiger partial charge in [-0.25, -0.2) is 0 Å². The molecule has 7 rings (SSSR count). The fourth-order valence-electron chi connectivity index (χ4n) is 10.2. The molecule has 0 aromatic rings. The van der Waals surface area contributed by atoms with Crippen molar-refractivity contribution in [3.05, 3.63) is 0 Å². The van der Waals surface area contributed by atoms with E-state index in [-0.39, 0.29) is 136 Å². The molecular weight excluding hydrogens is 1140 g/mol. The molecule has 0 aromatic carbocycles. The Kier molecular flexibility index (Phi) is 30.8. The maximum Gasteiger partial charge on any atom is 0.308 e. The van der Waals surface area contributed by atoms with Crippen molar-refractivity contribution in [2.75, 3.05) is 139 Å². The Bertz CT molecular complexity index is 2320. The van der Waals surface area contributed by atoms with E-state index < -0.39 is 59.4 Å². The van der Waals surface area contributed by atoms with Crippen molar-refractivity contribution in [1.29, 1.82) is 0 Å². The lowest BCUT2D eigenvalue weighted by atomic mass is 10.1. The summed E-state index contributed by atoms with van der Waals surface area (Å²) in [6, 6.07) is -0.0446. The van der Waals surface area contributed by atoms with Crippen LogP contribution in [0.4, 0.5) is 0 Å². The van der Waals surface area contributed by atoms with Crippen molar-refractivity contribution in [2.24, 2.45) is 52.9 Å². The quantitative estimate of drug-likeness (QED) is 0.0350. The zero-order chi connectivity index (χ0) is 64.4. The Hall–Kier alpha value is -7.58. The minimum Gasteiger partial charge on any atom is -0.481 e. The lowest BCUT2D eigenvalue weighted by Crippen LogP contribution is -2.38.